The fourth-order valence-corrected chi connectivity index (χ4v) is 1.66. The number of aryl methyl sites for hydroxylation is 2. The van der Waals surface area contributed by atoms with Gasteiger partial charge in [-0.3, -0.25) is 0 Å². The first-order valence-electron chi connectivity index (χ1n) is 5.52. The summed E-state index contributed by atoms with van der Waals surface area (Å²) in [5.41, 5.74) is 1.66. The van der Waals surface area contributed by atoms with E-state index in [-0.39, 0.29) is 17.2 Å². The first-order valence-corrected chi connectivity index (χ1v) is 5.52. The van der Waals surface area contributed by atoms with Gasteiger partial charge in [-0.15, -0.1) is 0 Å². The molecule has 0 aliphatic rings. The Hall–Kier alpha value is -2.48. The van der Waals surface area contributed by atoms with Crippen molar-refractivity contribution in [1.29, 1.82) is 5.26 Å². The SMILES string of the molecule is Cc1cc(C)c(C#N)c(Oc2ccc(F)c(F)c2)n1. The van der Waals surface area contributed by atoms with Gasteiger partial charge in [0.05, 0.1) is 0 Å². The molecule has 0 aliphatic heterocycles. The van der Waals surface area contributed by atoms with Crippen LogP contribution in [0.3, 0.4) is 0 Å². The molecule has 0 unspecified atom stereocenters. The zero-order valence-electron chi connectivity index (χ0n) is 10.4. The van der Waals surface area contributed by atoms with E-state index in [1.807, 2.05) is 6.07 Å². The number of halogens is 2. The third kappa shape index (κ3) is 2.68. The highest BCUT2D eigenvalue weighted by atomic mass is 19.2. The highest BCUT2D eigenvalue weighted by Gasteiger charge is 2.12. The van der Waals surface area contributed by atoms with Gasteiger partial charge < -0.3 is 4.74 Å². The predicted molar refractivity (Wildman–Crippen MR) is 64.9 cm³/mol. The van der Waals surface area contributed by atoms with Gasteiger partial charge in [-0.25, -0.2) is 13.8 Å². The Morgan fingerprint density at radius 2 is 1.89 bits per heavy atom. The number of benzene rings is 1. The zero-order valence-corrected chi connectivity index (χ0v) is 10.4. The molecule has 0 amide bonds. The minimum absolute atomic E-state index is 0.0889. The third-order valence-corrected chi connectivity index (χ3v) is 2.53. The number of ether oxygens (including phenoxy) is 1. The van der Waals surface area contributed by atoms with Crippen LogP contribution >= 0.6 is 0 Å². The van der Waals surface area contributed by atoms with Gasteiger partial charge in [0.2, 0.25) is 5.88 Å². The van der Waals surface area contributed by atoms with E-state index in [0.717, 1.165) is 12.1 Å². The highest BCUT2D eigenvalue weighted by molar-refractivity contribution is 5.46. The summed E-state index contributed by atoms with van der Waals surface area (Å²) in [4.78, 5) is 4.09. The Labute approximate surface area is 109 Å². The van der Waals surface area contributed by atoms with Crippen molar-refractivity contribution in [3.63, 3.8) is 0 Å². The number of rotatable bonds is 2. The topological polar surface area (TPSA) is 45.9 Å². The number of aromatic nitrogens is 1. The van der Waals surface area contributed by atoms with Crippen molar-refractivity contribution in [1.82, 2.24) is 4.98 Å². The second-order valence-corrected chi connectivity index (χ2v) is 4.05. The lowest BCUT2D eigenvalue weighted by molar-refractivity contribution is 0.445. The molecule has 0 fully saturated rings. The fraction of sp³-hybridized carbons (Fsp3) is 0.143. The van der Waals surface area contributed by atoms with Crippen LogP contribution in [0.2, 0.25) is 0 Å². The first kappa shape index (κ1) is 13.0. The van der Waals surface area contributed by atoms with Crippen LogP contribution in [0.5, 0.6) is 11.6 Å². The maximum absolute atomic E-state index is 13.1. The number of hydrogen-bond donors (Lipinski definition) is 0. The van der Waals surface area contributed by atoms with Crippen molar-refractivity contribution >= 4 is 0 Å². The zero-order chi connectivity index (χ0) is 14.0. The quantitative estimate of drug-likeness (QED) is 0.828. The first-order chi connectivity index (χ1) is 9.01. The van der Waals surface area contributed by atoms with E-state index >= 15 is 0 Å². The Bertz CT molecular complexity index is 678. The fourth-order valence-electron chi connectivity index (χ4n) is 1.66. The van der Waals surface area contributed by atoms with Crippen molar-refractivity contribution in [2.24, 2.45) is 0 Å². The number of pyridine rings is 1. The standard InChI is InChI=1S/C14H10F2N2O/c1-8-5-9(2)18-14(11(8)7-17)19-10-3-4-12(15)13(16)6-10/h3-6H,1-2H3. The molecule has 1 aromatic heterocycles. The minimum atomic E-state index is -1.01. The Balaban J connectivity index is 2.43. The maximum atomic E-state index is 13.1. The van der Waals surface area contributed by atoms with Crippen LogP contribution in [0.25, 0.3) is 0 Å². The highest BCUT2D eigenvalue weighted by Crippen LogP contribution is 2.26. The summed E-state index contributed by atoms with van der Waals surface area (Å²) in [5.74, 6) is -1.79. The smallest absolute Gasteiger partial charge is 0.237 e. The molecule has 2 rings (SSSR count). The van der Waals surface area contributed by atoms with Gasteiger partial charge in [0.25, 0.3) is 0 Å². The van der Waals surface area contributed by atoms with E-state index in [0.29, 0.717) is 11.3 Å². The molecular formula is C14H10F2N2O. The summed E-state index contributed by atoms with van der Waals surface area (Å²) in [5, 5.41) is 9.06. The van der Waals surface area contributed by atoms with Crippen LogP contribution < -0.4 is 4.74 Å². The van der Waals surface area contributed by atoms with Crippen LogP contribution in [0.1, 0.15) is 16.8 Å². The summed E-state index contributed by atoms with van der Waals surface area (Å²) >= 11 is 0. The predicted octanol–water partition coefficient (Wildman–Crippen LogP) is 3.64. The van der Waals surface area contributed by atoms with Crippen molar-refractivity contribution in [2.75, 3.05) is 0 Å². The molecule has 0 saturated heterocycles. The molecule has 0 saturated carbocycles. The monoisotopic (exact) mass is 260 g/mol. The van der Waals surface area contributed by atoms with Crippen molar-refractivity contribution in [3.8, 4) is 17.7 Å². The largest absolute Gasteiger partial charge is 0.438 e. The number of hydrogen-bond acceptors (Lipinski definition) is 3. The van der Waals surface area contributed by atoms with E-state index in [2.05, 4.69) is 4.98 Å². The number of nitriles is 1. The lowest BCUT2D eigenvalue weighted by Gasteiger charge is -2.09. The van der Waals surface area contributed by atoms with Gasteiger partial charge in [0, 0.05) is 11.8 Å². The molecule has 5 heteroatoms. The van der Waals surface area contributed by atoms with Crippen molar-refractivity contribution in [3.05, 3.63) is 52.7 Å². The molecule has 0 atom stereocenters. The van der Waals surface area contributed by atoms with Crippen LogP contribution in [0, 0.1) is 36.8 Å². The lowest BCUT2D eigenvalue weighted by Crippen LogP contribution is -1.97. The molecular weight excluding hydrogens is 250 g/mol. The third-order valence-electron chi connectivity index (χ3n) is 2.53. The van der Waals surface area contributed by atoms with Crippen LogP contribution in [0.4, 0.5) is 8.78 Å². The Morgan fingerprint density at radius 3 is 2.53 bits per heavy atom. The molecule has 1 aromatic carbocycles. The molecule has 3 nitrogen and oxygen atoms in total. The van der Waals surface area contributed by atoms with Gasteiger partial charge in [-0.2, -0.15) is 5.26 Å². The summed E-state index contributed by atoms with van der Waals surface area (Å²) in [6.07, 6.45) is 0. The average Bonchev–Trinajstić information content (AvgIpc) is 2.33. The maximum Gasteiger partial charge on any atom is 0.237 e. The summed E-state index contributed by atoms with van der Waals surface area (Å²) in [6.45, 7) is 3.51. The second-order valence-electron chi connectivity index (χ2n) is 4.05. The van der Waals surface area contributed by atoms with Crippen LogP contribution in [0.15, 0.2) is 24.3 Å². The van der Waals surface area contributed by atoms with Crippen molar-refractivity contribution < 1.29 is 13.5 Å². The molecule has 2 aromatic rings. The summed E-state index contributed by atoms with van der Waals surface area (Å²) in [7, 11) is 0. The van der Waals surface area contributed by atoms with Gasteiger partial charge in [0.15, 0.2) is 11.6 Å². The number of nitrogens with zero attached hydrogens (tertiary/aromatic N) is 2. The average molecular weight is 260 g/mol. The van der Waals surface area contributed by atoms with E-state index in [4.69, 9.17) is 10.00 Å². The van der Waals surface area contributed by atoms with Crippen LogP contribution in [-0.2, 0) is 0 Å². The molecule has 0 aliphatic carbocycles. The molecule has 0 bridgehead atoms. The van der Waals surface area contributed by atoms with Crippen molar-refractivity contribution in [2.45, 2.75) is 13.8 Å². The minimum Gasteiger partial charge on any atom is -0.438 e. The van der Waals surface area contributed by atoms with Gasteiger partial charge in [0.1, 0.15) is 17.4 Å². The lowest BCUT2D eigenvalue weighted by atomic mass is 10.1. The van der Waals surface area contributed by atoms with Crippen LogP contribution in [-0.4, -0.2) is 4.98 Å². The van der Waals surface area contributed by atoms with E-state index in [1.54, 1.807) is 19.9 Å². The van der Waals surface area contributed by atoms with E-state index < -0.39 is 11.6 Å². The molecule has 1 heterocycles. The summed E-state index contributed by atoms with van der Waals surface area (Å²) < 4.78 is 31.3. The Morgan fingerprint density at radius 1 is 1.16 bits per heavy atom. The molecule has 19 heavy (non-hydrogen) atoms. The van der Waals surface area contributed by atoms with E-state index in [9.17, 15) is 8.78 Å². The van der Waals surface area contributed by atoms with Gasteiger partial charge in [-0.05, 0) is 37.6 Å². The molecule has 96 valence electrons. The molecule has 0 spiro atoms. The Kier molecular flexibility index (Phi) is 3.43. The summed E-state index contributed by atoms with van der Waals surface area (Å²) in [6, 6.07) is 6.88. The van der Waals surface area contributed by atoms with Gasteiger partial charge in [-0.1, -0.05) is 0 Å². The normalized spacial score (nSPS) is 10.1. The van der Waals surface area contributed by atoms with E-state index in [1.165, 1.54) is 6.07 Å². The van der Waals surface area contributed by atoms with Gasteiger partial charge >= 0.3 is 0 Å². The molecule has 0 N–H and O–H groups in total. The second kappa shape index (κ2) is 5.02. The molecule has 0 radical (unpaired) electrons.